The molecule has 3 aromatic rings. The largest absolute Gasteiger partial charge is 0.491 e. The summed E-state index contributed by atoms with van der Waals surface area (Å²) in [5, 5.41) is 10.4. The Morgan fingerprint density at radius 2 is 1.91 bits per heavy atom. The van der Waals surface area contributed by atoms with Gasteiger partial charge in [0.05, 0.1) is 11.4 Å². The molecular weight excluding hydrogens is 440 g/mol. The van der Waals surface area contributed by atoms with Gasteiger partial charge in [0.2, 0.25) is 0 Å². The monoisotopic (exact) mass is 469 g/mol. The zero-order chi connectivity index (χ0) is 23.7. The third-order valence-electron chi connectivity index (χ3n) is 6.87. The Hall–Kier alpha value is -2.97. The first-order chi connectivity index (χ1) is 16.5. The summed E-state index contributed by atoms with van der Waals surface area (Å²) >= 11 is 0. The average Bonchev–Trinajstić information content (AvgIpc) is 3.55. The minimum absolute atomic E-state index is 0.166. The second-order valence-electron chi connectivity index (χ2n) is 9.13. The number of hydrogen-bond donors (Lipinski definition) is 1. The Morgan fingerprint density at radius 1 is 1.09 bits per heavy atom. The van der Waals surface area contributed by atoms with Gasteiger partial charge >= 0.3 is 0 Å². The highest BCUT2D eigenvalue weighted by Crippen LogP contribution is 2.29. The molecule has 0 radical (unpaired) electrons. The van der Waals surface area contributed by atoms with Gasteiger partial charge in [-0.05, 0) is 74.1 Å². The highest BCUT2D eigenvalue weighted by atomic mass is 19.1. The minimum atomic E-state index is -1.19. The molecule has 180 valence electrons. The lowest BCUT2D eigenvalue weighted by Gasteiger charge is -2.25. The molecule has 0 saturated carbocycles. The number of aromatic nitrogens is 1. The molecule has 0 aliphatic carbocycles. The van der Waals surface area contributed by atoms with Gasteiger partial charge in [-0.15, -0.1) is 0 Å². The van der Waals surface area contributed by atoms with Crippen LogP contribution in [0.3, 0.4) is 0 Å². The topological polar surface area (TPSA) is 57.9 Å². The molecule has 3 heterocycles. The van der Waals surface area contributed by atoms with Crippen LogP contribution in [-0.2, 0) is 0 Å². The third kappa shape index (κ3) is 4.52. The molecule has 2 atom stereocenters. The van der Waals surface area contributed by atoms with Crippen molar-refractivity contribution in [3.05, 3.63) is 64.8 Å². The maximum Gasteiger partial charge on any atom is 0.262 e. The van der Waals surface area contributed by atoms with Crippen molar-refractivity contribution in [3.63, 3.8) is 0 Å². The molecule has 34 heavy (non-hydrogen) atoms. The molecule has 8 heteroatoms. The Kier molecular flexibility index (Phi) is 6.52. The number of alkyl halides is 1. The summed E-state index contributed by atoms with van der Waals surface area (Å²) in [6.07, 6.45) is 3.96. The first kappa shape index (κ1) is 22.8. The number of aliphatic hydroxyl groups is 1. The molecule has 2 aromatic carbocycles. The van der Waals surface area contributed by atoms with Gasteiger partial charge in [0, 0.05) is 36.8 Å². The summed E-state index contributed by atoms with van der Waals surface area (Å²) in [5.41, 5.74) is 0.779. The van der Waals surface area contributed by atoms with Crippen molar-refractivity contribution < 1.29 is 18.6 Å². The van der Waals surface area contributed by atoms with E-state index in [1.165, 1.54) is 23.5 Å². The van der Waals surface area contributed by atoms with Crippen molar-refractivity contribution in [2.24, 2.45) is 0 Å². The molecule has 1 unspecified atom stereocenters. The van der Waals surface area contributed by atoms with E-state index in [1.54, 1.807) is 42.6 Å². The number of ether oxygens (including phenoxy) is 1. The fourth-order valence-corrected chi connectivity index (χ4v) is 5.02. The summed E-state index contributed by atoms with van der Waals surface area (Å²) in [6, 6.07) is 12.1. The van der Waals surface area contributed by atoms with E-state index in [0.29, 0.717) is 33.9 Å². The predicted octanol–water partition coefficient (Wildman–Crippen LogP) is 3.51. The number of likely N-dealkylation sites (tertiary alicyclic amines) is 1. The van der Waals surface area contributed by atoms with Gasteiger partial charge < -0.3 is 14.7 Å². The van der Waals surface area contributed by atoms with Crippen molar-refractivity contribution in [2.75, 3.05) is 44.4 Å². The minimum Gasteiger partial charge on any atom is -0.491 e. The molecule has 6 nitrogen and oxygen atoms in total. The third-order valence-corrected chi connectivity index (χ3v) is 6.87. The normalized spacial score (nSPS) is 19.7. The van der Waals surface area contributed by atoms with E-state index in [1.807, 2.05) is 0 Å². The molecular formula is C26H29F2N3O3. The Morgan fingerprint density at radius 3 is 2.68 bits per heavy atom. The van der Waals surface area contributed by atoms with Crippen LogP contribution in [0.25, 0.3) is 16.5 Å². The summed E-state index contributed by atoms with van der Waals surface area (Å²) < 4.78 is 34.4. The molecule has 2 fully saturated rings. The van der Waals surface area contributed by atoms with Gasteiger partial charge in [0.25, 0.3) is 5.56 Å². The molecule has 0 amide bonds. The van der Waals surface area contributed by atoms with Crippen LogP contribution in [0.15, 0.2) is 53.5 Å². The Labute approximate surface area is 197 Å². The maximum atomic E-state index is 15.1. The summed E-state index contributed by atoms with van der Waals surface area (Å²) in [5.74, 6) is 0.104. The zero-order valence-corrected chi connectivity index (χ0v) is 19.0. The van der Waals surface area contributed by atoms with Crippen LogP contribution in [0.1, 0.15) is 19.3 Å². The molecule has 0 bridgehead atoms. The fourth-order valence-electron chi connectivity index (χ4n) is 5.02. The van der Waals surface area contributed by atoms with Crippen molar-refractivity contribution >= 4 is 16.5 Å². The number of nitrogens with zero attached hydrogens (tertiary/aromatic N) is 3. The van der Waals surface area contributed by atoms with Crippen LogP contribution < -0.4 is 15.2 Å². The van der Waals surface area contributed by atoms with Crippen molar-refractivity contribution in [1.82, 2.24) is 9.47 Å². The van der Waals surface area contributed by atoms with Crippen molar-refractivity contribution in [3.8, 4) is 11.4 Å². The molecule has 1 N–H and O–H groups in total. The number of aliphatic hydroxyl groups excluding tert-OH is 1. The summed E-state index contributed by atoms with van der Waals surface area (Å²) in [4.78, 5) is 17.7. The fraction of sp³-hybridized carbons (Fsp3) is 0.423. The van der Waals surface area contributed by atoms with E-state index in [2.05, 4.69) is 9.80 Å². The van der Waals surface area contributed by atoms with Crippen LogP contribution in [0.4, 0.5) is 14.5 Å². The molecule has 5 rings (SSSR count). The van der Waals surface area contributed by atoms with Crippen LogP contribution in [-0.4, -0.2) is 66.2 Å². The van der Waals surface area contributed by atoms with E-state index < -0.39 is 12.8 Å². The predicted molar refractivity (Wildman–Crippen MR) is 128 cm³/mol. The highest BCUT2D eigenvalue weighted by Gasteiger charge is 2.30. The smallest absolute Gasteiger partial charge is 0.262 e. The lowest BCUT2D eigenvalue weighted by Crippen LogP contribution is -2.35. The second kappa shape index (κ2) is 9.72. The first-order valence-corrected chi connectivity index (χ1v) is 11.8. The van der Waals surface area contributed by atoms with E-state index in [4.69, 9.17) is 4.74 Å². The van der Waals surface area contributed by atoms with Gasteiger partial charge in [-0.1, -0.05) is 0 Å². The van der Waals surface area contributed by atoms with E-state index in [0.717, 1.165) is 32.6 Å². The Bertz CT molecular complexity index is 1230. The molecule has 2 aliphatic heterocycles. The van der Waals surface area contributed by atoms with Gasteiger partial charge in [0.15, 0.2) is 0 Å². The quantitative estimate of drug-likeness (QED) is 0.574. The number of pyridine rings is 1. The van der Waals surface area contributed by atoms with Crippen molar-refractivity contribution in [1.29, 1.82) is 0 Å². The molecule has 1 aromatic heterocycles. The molecule has 2 aliphatic rings. The van der Waals surface area contributed by atoms with Crippen LogP contribution in [0.5, 0.6) is 5.75 Å². The van der Waals surface area contributed by atoms with Crippen LogP contribution >= 0.6 is 0 Å². The number of benzene rings is 2. The summed E-state index contributed by atoms with van der Waals surface area (Å²) in [7, 11) is 0. The number of hydrogen-bond acceptors (Lipinski definition) is 5. The van der Waals surface area contributed by atoms with E-state index in [-0.39, 0.29) is 18.0 Å². The van der Waals surface area contributed by atoms with E-state index >= 15 is 4.39 Å². The van der Waals surface area contributed by atoms with Gasteiger partial charge in [-0.3, -0.25) is 14.3 Å². The lowest BCUT2D eigenvalue weighted by molar-refractivity contribution is 0.0842. The number of halogens is 2. The van der Waals surface area contributed by atoms with Crippen LogP contribution in [0.2, 0.25) is 0 Å². The van der Waals surface area contributed by atoms with Gasteiger partial charge in [-0.2, -0.15) is 0 Å². The second-order valence-corrected chi connectivity index (χ2v) is 9.13. The van der Waals surface area contributed by atoms with Gasteiger partial charge in [0.1, 0.15) is 31.0 Å². The number of anilines is 1. The molecule has 2 saturated heterocycles. The average molecular weight is 470 g/mol. The SMILES string of the molecule is O=c1c2ccc(OCC(O)CF)cc2ccn1-c1ccc(N2CC[C@@H](N3CCCC3)C2)c(F)c1. The Balaban J connectivity index is 1.35. The number of rotatable bonds is 7. The van der Waals surface area contributed by atoms with Gasteiger partial charge in [-0.25, -0.2) is 8.78 Å². The van der Waals surface area contributed by atoms with Crippen LogP contribution in [0, 0.1) is 5.82 Å². The van der Waals surface area contributed by atoms with Crippen molar-refractivity contribution in [2.45, 2.75) is 31.4 Å². The summed E-state index contributed by atoms with van der Waals surface area (Å²) in [6.45, 7) is 2.89. The van der Waals surface area contributed by atoms with E-state index in [9.17, 15) is 14.3 Å². The number of fused-ring (bicyclic) bond motifs is 1. The zero-order valence-electron chi connectivity index (χ0n) is 19.0. The molecule has 0 spiro atoms. The highest BCUT2D eigenvalue weighted by molar-refractivity contribution is 5.83. The first-order valence-electron chi connectivity index (χ1n) is 11.8. The maximum absolute atomic E-state index is 15.1. The standard InChI is InChI=1S/C26H29F2N3O3/c27-15-21(32)17-34-22-4-5-23-18(13-22)7-12-31(26(23)33)19-3-6-25(24(28)14-19)30-11-8-20(16-30)29-9-1-2-10-29/h3-7,12-14,20-21,32H,1-2,8-11,15-17H2/t20-,21?/m1/s1. The lowest BCUT2D eigenvalue weighted by atomic mass is 10.1.